The molecule has 0 bridgehead atoms. The number of carbonyl (C=O) groups excluding carboxylic acids is 1. The van der Waals surface area contributed by atoms with E-state index in [0.717, 1.165) is 8.95 Å². The molecule has 5 heteroatoms. The fraction of sp³-hybridized carbons (Fsp3) is 0.0714. The van der Waals surface area contributed by atoms with Gasteiger partial charge in [0, 0.05) is 21.3 Å². The first-order valence-corrected chi connectivity index (χ1v) is 7.05. The number of benzene rings is 2. The summed E-state index contributed by atoms with van der Waals surface area (Å²) in [7, 11) is 1.58. The van der Waals surface area contributed by atoms with E-state index in [9.17, 15) is 4.79 Å². The monoisotopic (exact) mass is 383 g/mol. The number of methoxy groups -OCH3 is 1. The minimum atomic E-state index is -0.0949. The Morgan fingerprint density at radius 1 is 1.11 bits per heavy atom. The maximum absolute atomic E-state index is 12.4. The standard InChI is InChI=1S/C14H11Br2NO2/c1-19-13-5-2-8(6-12(13)16)14(18)10-7-9(17)3-4-11(10)15/h2-7H,17H2,1H3. The van der Waals surface area contributed by atoms with Crippen LogP contribution in [-0.2, 0) is 0 Å². The van der Waals surface area contributed by atoms with E-state index < -0.39 is 0 Å². The van der Waals surface area contributed by atoms with E-state index in [1.54, 1.807) is 43.5 Å². The van der Waals surface area contributed by atoms with Crippen LogP contribution in [0.1, 0.15) is 15.9 Å². The van der Waals surface area contributed by atoms with Crippen molar-refractivity contribution in [1.82, 2.24) is 0 Å². The molecule has 0 aliphatic heterocycles. The molecule has 0 heterocycles. The van der Waals surface area contributed by atoms with Gasteiger partial charge in [-0.15, -0.1) is 0 Å². The van der Waals surface area contributed by atoms with E-state index in [4.69, 9.17) is 10.5 Å². The van der Waals surface area contributed by atoms with Gasteiger partial charge in [-0.3, -0.25) is 4.79 Å². The average Bonchev–Trinajstić information content (AvgIpc) is 2.40. The van der Waals surface area contributed by atoms with Gasteiger partial charge in [-0.05, 0) is 52.3 Å². The number of nitrogens with two attached hydrogens (primary N) is 1. The van der Waals surface area contributed by atoms with Gasteiger partial charge in [-0.25, -0.2) is 0 Å². The van der Waals surface area contributed by atoms with Crippen molar-refractivity contribution in [2.24, 2.45) is 0 Å². The van der Waals surface area contributed by atoms with Crippen LogP contribution in [0.3, 0.4) is 0 Å². The molecular formula is C14H11Br2NO2. The number of ketones is 1. The van der Waals surface area contributed by atoms with Crippen molar-refractivity contribution in [2.45, 2.75) is 0 Å². The highest BCUT2D eigenvalue weighted by molar-refractivity contribution is 9.10. The predicted molar refractivity (Wildman–Crippen MR) is 82.7 cm³/mol. The lowest BCUT2D eigenvalue weighted by Gasteiger charge is -2.08. The third-order valence-electron chi connectivity index (χ3n) is 2.65. The molecule has 2 aromatic carbocycles. The first-order chi connectivity index (χ1) is 9.02. The SMILES string of the molecule is COc1ccc(C(=O)c2cc(N)ccc2Br)cc1Br. The van der Waals surface area contributed by atoms with Crippen LogP contribution in [0.2, 0.25) is 0 Å². The third kappa shape index (κ3) is 2.98. The van der Waals surface area contributed by atoms with Crippen LogP contribution in [0.15, 0.2) is 45.3 Å². The number of halogens is 2. The summed E-state index contributed by atoms with van der Waals surface area (Å²) < 4.78 is 6.60. The number of nitrogen functional groups attached to an aromatic ring is 1. The second-order valence-corrected chi connectivity index (χ2v) is 5.63. The number of anilines is 1. The Balaban J connectivity index is 2.44. The van der Waals surface area contributed by atoms with E-state index in [2.05, 4.69) is 31.9 Å². The molecule has 0 aliphatic rings. The molecule has 3 nitrogen and oxygen atoms in total. The van der Waals surface area contributed by atoms with Crippen LogP contribution >= 0.6 is 31.9 Å². The molecule has 2 aromatic rings. The summed E-state index contributed by atoms with van der Waals surface area (Å²) in [4.78, 5) is 12.4. The van der Waals surface area contributed by atoms with Crippen molar-refractivity contribution >= 4 is 43.3 Å². The second kappa shape index (κ2) is 5.75. The second-order valence-electron chi connectivity index (χ2n) is 3.92. The van der Waals surface area contributed by atoms with E-state index in [1.165, 1.54) is 0 Å². The Hall–Kier alpha value is -1.33. The molecule has 0 fully saturated rings. The number of carbonyl (C=O) groups is 1. The predicted octanol–water partition coefficient (Wildman–Crippen LogP) is 4.03. The Morgan fingerprint density at radius 2 is 1.84 bits per heavy atom. The van der Waals surface area contributed by atoms with E-state index in [1.807, 2.05) is 0 Å². The molecule has 0 unspecified atom stereocenters. The maximum atomic E-state index is 12.4. The topological polar surface area (TPSA) is 52.3 Å². The molecule has 0 aliphatic carbocycles. The van der Waals surface area contributed by atoms with Crippen molar-refractivity contribution in [1.29, 1.82) is 0 Å². The van der Waals surface area contributed by atoms with E-state index in [0.29, 0.717) is 22.6 Å². The Morgan fingerprint density at radius 3 is 2.47 bits per heavy atom. The molecule has 0 aromatic heterocycles. The van der Waals surface area contributed by atoms with Gasteiger partial charge >= 0.3 is 0 Å². The van der Waals surface area contributed by atoms with Gasteiger partial charge in [0.05, 0.1) is 11.6 Å². The summed E-state index contributed by atoms with van der Waals surface area (Å²) in [5.74, 6) is 0.589. The minimum absolute atomic E-state index is 0.0949. The van der Waals surface area contributed by atoms with E-state index in [-0.39, 0.29) is 5.78 Å². The van der Waals surface area contributed by atoms with Crippen LogP contribution in [0.25, 0.3) is 0 Å². The van der Waals surface area contributed by atoms with Gasteiger partial charge in [0.25, 0.3) is 0 Å². The van der Waals surface area contributed by atoms with Crippen molar-refractivity contribution < 1.29 is 9.53 Å². The minimum Gasteiger partial charge on any atom is -0.496 e. The van der Waals surface area contributed by atoms with Gasteiger partial charge in [-0.2, -0.15) is 0 Å². The maximum Gasteiger partial charge on any atom is 0.194 e. The molecule has 98 valence electrons. The Kier molecular flexibility index (Phi) is 4.27. The van der Waals surface area contributed by atoms with Crippen molar-refractivity contribution in [3.8, 4) is 5.75 Å². The number of ether oxygens (including phenoxy) is 1. The number of hydrogen-bond donors (Lipinski definition) is 1. The highest BCUT2D eigenvalue weighted by Gasteiger charge is 2.14. The number of hydrogen-bond acceptors (Lipinski definition) is 3. The summed E-state index contributed by atoms with van der Waals surface area (Å²) in [6, 6.07) is 10.4. The highest BCUT2D eigenvalue weighted by Crippen LogP contribution is 2.28. The molecule has 0 spiro atoms. The normalized spacial score (nSPS) is 10.3. The Bertz CT molecular complexity index is 641. The fourth-order valence-corrected chi connectivity index (χ4v) is 2.65. The largest absolute Gasteiger partial charge is 0.496 e. The summed E-state index contributed by atoms with van der Waals surface area (Å²) in [5.41, 5.74) is 7.38. The smallest absolute Gasteiger partial charge is 0.194 e. The third-order valence-corrected chi connectivity index (χ3v) is 3.96. The zero-order valence-corrected chi connectivity index (χ0v) is 13.3. The zero-order valence-electron chi connectivity index (χ0n) is 10.1. The van der Waals surface area contributed by atoms with Gasteiger partial charge in [-0.1, -0.05) is 15.9 Å². The summed E-state index contributed by atoms with van der Waals surface area (Å²) in [5, 5.41) is 0. The average molecular weight is 385 g/mol. The molecule has 0 saturated heterocycles. The number of rotatable bonds is 3. The van der Waals surface area contributed by atoms with Crippen LogP contribution in [0, 0.1) is 0 Å². The van der Waals surface area contributed by atoms with Crippen LogP contribution < -0.4 is 10.5 Å². The fourth-order valence-electron chi connectivity index (χ4n) is 1.68. The van der Waals surface area contributed by atoms with Gasteiger partial charge in [0.1, 0.15) is 5.75 Å². The molecular weight excluding hydrogens is 374 g/mol. The first kappa shape index (κ1) is 14.1. The lowest BCUT2D eigenvalue weighted by Crippen LogP contribution is -2.03. The molecule has 19 heavy (non-hydrogen) atoms. The summed E-state index contributed by atoms with van der Waals surface area (Å²) >= 11 is 6.73. The lowest BCUT2D eigenvalue weighted by atomic mass is 10.0. The molecule has 0 atom stereocenters. The molecule has 0 saturated carbocycles. The molecule has 0 amide bonds. The van der Waals surface area contributed by atoms with Crippen LogP contribution in [-0.4, -0.2) is 12.9 Å². The van der Waals surface area contributed by atoms with Gasteiger partial charge in [0.15, 0.2) is 5.78 Å². The van der Waals surface area contributed by atoms with Crippen molar-refractivity contribution in [2.75, 3.05) is 12.8 Å². The Labute approximate surface area is 128 Å². The van der Waals surface area contributed by atoms with Gasteiger partial charge < -0.3 is 10.5 Å². The lowest BCUT2D eigenvalue weighted by molar-refractivity contribution is 0.103. The summed E-state index contributed by atoms with van der Waals surface area (Å²) in [6.45, 7) is 0. The van der Waals surface area contributed by atoms with Crippen LogP contribution in [0.4, 0.5) is 5.69 Å². The van der Waals surface area contributed by atoms with Crippen molar-refractivity contribution in [3.63, 3.8) is 0 Å². The van der Waals surface area contributed by atoms with E-state index >= 15 is 0 Å². The molecule has 2 rings (SSSR count). The van der Waals surface area contributed by atoms with Crippen LogP contribution in [0.5, 0.6) is 5.75 Å². The zero-order chi connectivity index (χ0) is 14.0. The molecule has 2 N–H and O–H groups in total. The quantitative estimate of drug-likeness (QED) is 0.641. The first-order valence-electron chi connectivity index (χ1n) is 5.46. The summed E-state index contributed by atoms with van der Waals surface area (Å²) in [6.07, 6.45) is 0. The highest BCUT2D eigenvalue weighted by atomic mass is 79.9. The molecule has 0 radical (unpaired) electrons. The van der Waals surface area contributed by atoms with Crippen molar-refractivity contribution in [3.05, 3.63) is 56.5 Å². The van der Waals surface area contributed by atoms with Gasteiger partial charge in [0.2, 0.25) is 0 Å².